The number of benzene rings is 1. The largest absolute Gasteiger partial charge is 0.242 e. The number of hydrogen-bond donors (Lipinski definition) is 0. The van der Waals surface area contributed by atoms with Gasteiger partial charge in [-0.1, -0.05) is 19.1 Å². The standard InChI is InChI=1S/C11H10N4/c1-2-9-4-3-5-10(6-9)14-15-11(7-12)8-13/h3-6,11H,2H2,1H3. The maximum absolute atomic E-state index is 8.48. The molecule has 0 amide bonds. The Morgan fingerprint density at radius 1 is 1.33 bits per heavy atom. The van der Waals surface area contributed by atoms with E-state index in [0.717, 1.165) is 12.0 Å². The normalized spacial score (nSPS) is 10.1. The Balaban J connectivity index is 2.82. The molecular weight excluding hydrogens is 188 g/mol. The molecule has 0 aliphatic carbocycles. The third kappa shape index (κ3) is 3.21. The lowest BCUT2D eigenvalue weighted by Crippen LogP contribution is -1.92. The van der Waals surface area contributed by atoms with Crippen LogP contribution >= 0.6 is 0 Å². The van der Waals surface area contributed by atoms with E-state index < -0.39 is 6.04 Å². The molecule has 0 bridgehead atoms. The first kappa shape index (κ1) is 10.9. The predicted molar refractivity (Wildman–Crippen MR) is 55.4 cm³/mol. The maximum Gasteiger partial charge on any atom is 0.242 e. The molecule has 1 aromatic carbocycles. The highest BCUT2D eigenvalue weighted by molar-refractivity contribution is 5.39. The summed E-state index contributed by atoms with van der Waals surface area (Å²) in [5.41, 5.74) is 1.82. The van der Waals surface area contributed by atoms with Crippen LogP contribution in [0.25, 0.3) is 0 Å². The van der Waals surface area contributed by atoms with Crippen LogP contribution < -0.4 is 0 Å². The van der Waals surface area contributed by atoms with E-state index in [9.17, 15) is 0 Å². The first-order valence-corrected chi connectivity index (χ1v) is 4.59. The van der Waals surface area contributed by atoms with E-state index in [1.165, 1.54) is 0 Å². The number of aryl methyl sites for hydroxylation is 1. The summed E-state index contributed by atoms with van der Waals surface area (Å²) in [5.74, 6) is 0. The zero-order valence-corrected chi connectivity index (χ0v) is 8.38. The summed E-state index contributed by atoms with van der Waals surface area (Å²) in [5, 5.41) is 24.4. The van der Waals surface area contributed by atoms with Gasteiger partial charge in [-0.2, -0.15) is 20.8 Å². The fourth-order valence-electron chi connectivity index (χ4n) is 1.04. The molecule has 0 saturated heterocycles. The van der Waals surface area contributed by atoms with Gasteiger partial charge in [0, 0.05) is 0 Å². The van der Waals surface area contributed by atoms with E-state index >= 15 is 0 Å². The van der Waals surface area contributed by atoms with Gasteiger partial charge in [0.1, 0.15) is 12.1 Å². The highest BCUT2D eigenvalue weighted by Gasteiger charge is 2.00. The third-order valence-corrected chi connectivity index (χ3v) is 1.85. The topological polar surface area (TPSA) is 72.3 Å². The number of nitriles is 2. The molecule has 15 heavy (non-hydrogen) atoms. The lowest BCUT2D eigenvalue weighted by atomic mass is 10.1. The Morgan fingerprint density at radius 2 is 2.07 bits per heavy atom. The Kier molecular flexibility index (Phi) is 4.00. The van der Waals surface area contributed by atoms with Crippen molar-refractivity contribution < 1.29 is 0 Å². The van der Waals surface area contributed by atoms with Gasteiger partial charge in [0.05, 0.1) is 5.69 Å². The van der Waals surface area contributed by atoms with E-state index in [2.05, 4.69) is 10.2 Å². The van der Waals surface area contributed by atoms with Gasteiger partial charge in [-0.3, -0.25) is 0 Å². The van der Waals surface area contributed by atoms with Gasteiger partial charge >= 0.3 is 0 Å². The zero-order chi connectivity index (χ0) is 11.1. The summed E-state index contributed by atoms with van der Waals surface area (Å²) in [6.45, 7) is 2.05. The van der Waals surface area contributed by atoms with Crippen LogP contribution in [0.1, 0.15) is 12.5 Å². The van der Waals surface area contributed by atoms with Crippen LogP contribution in [0.4, 0.5) is 5.69 Å². The summed E-state index contributed by atoms with van der Waals surface area (Å²) in [6.07, 6.45) is 0.920. The molecule has 0 unspecified atom stereocenters. The summed E-state index contributed by atoms with van der Waals surface area (Å²) in [4.78, 5) is 0. The van der Waals surface area contributed by atoms with Crippen LogP contribution in [0.5, 0.6) is 0 Å². The highest BCUT2D eigenvalue weighted by Crippen LogP contribution is 2.15. The molecular formula is C11H10N4. The van der Waals surface area contributed by atoms with Crippen molar-refractivity contribution in [3.8, 4) is 12.1 Å². The van der Waals surface area contributed by atoms with Crippen molar-refractivity contribution in [1.82, 2.24) is 0 Å². The van der Waals surface area contributed by atoms with Crippen LogP contribution in [0.15, 0.2) is 34.5 Å². The summed E-state index contributed by atoms with van der Waals surface area (Å²) in [6, 6.07) is 9.98. The van der Waals surface area contributed by atoms with E-state index in [1.54, 1.807) is 18.2 Å². The predicted octanol–water partition coefficient (Wildman–Crippen LogP) is 2.75. The first-order chi connectivity index (χ1) is 7.30. The molecule has 0 saturated carbocycles. The smallest absolute Gasteiger partial charge is 0.195 e. The van der Waals surface area contributed by atoms with Crippen molar-refractivity contribution in [3.05, 3.63) is 29.8 Å². The average molecular weight is 198 g/mol. The average Bonchev–Trinajstić information content (AvgIpc) is 2.31. The van der Waals surface area contributed by atoms with E-state index in [1.807, 2.05) is 25.1 Å². The first-order valence-electron chi connectivity index (χ1n) is 4.59. The molecule has 0 aliphatic heterocycles. The minimum atomic E-state index is -1.02. The highest BCUT2D eigenvalue weighted by atomic mass is 15.1. The second kappa shape index (κ2) is 5.51. The van der Waals surface area contributed by atoms with Crippen molar-refractivity contribution in [2.75, 3.05) is 0 Å². The van der Waals surface area contributed by atoms with Crippen molar-refractivity contribution in [1.29, 1.82) is 10.5 Å². The van der Waals surface area contributed by atoms with Gasteiger partial charge in [0.2, 0.25) is 6.04 Å². The Morgan fingerprint density at radius 3 is 2.67 bits per heavy atom. The van der Waals surface area contributed by atoms with E-state index in [4.69, 9.17) is 10.5 Å². The molecule has 0 aliphatic rings. The van der Waals surface area contributed by atoms with Gasteiger partial charge in [-0.05, 0) is 24.1 Å². The number of hydrogen-bond acceptors (Lipinski definition) is 4. The minimum Gasteiger partial charge on any atom is -0.195 e. The van der Waals surface area contributed by atoms with Gasteiger partial charge in [0.15, 0.2) is 0 Å². The summed E-state index contributed by atoms with van der Waals surface area (Å²) >= 11 is 0. The van der Waals surface area contributed by atoms with Crippen LogP contribution in [-0.4, -0.2) is 6.04 Å². The quantitative estimate of drug-likeness (QED) is 0.700. The Bertz CT molecular complexity index is 423. The molecule has 4 nitrogen and oxygen atoms in total. The van der Waals surface area contributed by atoms with Crippen molar-refractivity contribution >= 4 is 5.69 Å². The summed E-state index contributed by atoms with van der Waals surface area (Å²) in [7, 11) is 0. The third-order valence-electron chi connectivity index (χ3n) is 1.85. The monoisotopic (exact) mass is 198 g/mol. The Hall–Kier alpha value is -2.20. The Labute approximate surface area is 88.5 Å². The lowest BCUT2D eigenvalue weighted by molar-refractivity contribution is 0.948. The van der Waals surface area contributed by atoms with E-state index in [-0.39, 0.29) is 0 Å². The molecule has 0 radical (unpaired) electrons. The molecule has 0 fully saturated rings. The molecule has 0 aromatic heterocycles. The zero-order valence-electron chi connectivity index (χ0n) is 8.38. The van der Waals surface area contributed by atoms with Crippen LogP contribution in [-0.2, 0) is 6.42 Å². The van der Waals surface area contributed by atoms with Crippen LogP contribution in [0.3, 0.4) is 0 Å². The number of rotatable bonds is 3. The molecule has 74 valence electrons. The van der Waals surface area contributed by atoms with Crippen LogP contribution in [0.2, 0.25) is 0 Å². The lowest BCUT2D eigenvalue weighted by Gasteiger charge is -1.96. The molecule has 1 rings (SSSR count). The molecule has 0 atom stereocenters. The molecule has 0 spiro atoms. The summed E-state index contributed by atoms with van der Waals surface area (Å²) < 4.78 is 0. The molecule has 1 aromatic rings. The van der Waals surface area contributed by atoms with E-state index in [0.29, 0.717) is 5.69 Å². The fraction of sp³-hybridized carbons (Fsp3) is 0.273. The molecule has 0 heterocycles. The second-order valence-electron chi connectivity index (χ2n) is 2.90. The SMILES string of the molecule is CCc1cccc(N=NC(C#N)C#N)c1. The van der Waals surface area contributed by atoms with Crippen LogP contribution in [0, 0.1) is 22.7 Å². The van der Waals surface area contributed by atoms with Gasteiger partial charge in [-0.25, -0.2) is 0 Å². The second-order valence-corrected chi connectivity index (χ2v) is 2.90. The van der Waals surface area contributed by atoms with Gasteiger partial charge in [-0.15, -0.1) is 0 Å². The minimum absolute atomic E-state index is 0.671. The number of nitrogens with zero attached hydrogens (tertiary/aromatic N) is 4. The van der Waals surface area contributed by atoms with Gasteiger partial charge in [0.25, 0.3) is 0 Å². The van der Waals surface area contributed by atoms with Crippen molar-refractivity contribution in [2.45, 2.75) is 19.4 Å². The maximum atomic E-state index is 8.48. The number of azo groups is 1. The van der Waals surface area contributed by atoms with Crippen molar-refractivity contribution in [2.24, 2.45) is 10.2 Å². The fourth-order valence-corrected chi connectivity index (χ4v) is 1.04. The van der Waals surface area contributed by atoms with Gasteiger partial charge < -0.3 is 0 Å². The molecule has 0 N–H and O–H groups in total. The van der Waals surface area contributed by atoms with Crippen molar-refractivity contribution in [3.63, 3.8) is 0 Å². The molecule has 4 heteroatoms.